The van der Waals surface area contributed by atoms with Gasteiger partial charge in [0.1, 0.15) is 0 Å². The van der Waals surface area contributed by atoms with Crippen molar-refractivity contribution >= 4 is 6.41 Å². The maximum atomic E-state index is 9.72. The molecule has 0 aromatic heterocycles. The summed E-state index contributed by atoms with van der Waals surface area (Å²) in [7, 11) is 3.03. The molecule has 0 saturated carbocycles. The van der Waals surface area contributed by atoms with Crippen LogP contribution in [0.3, 0.4) is 0 Å². The summed E-state index contributed by atoms with van der Waals surface area (Å²) in [5.74, 6) is 0.630. The Bertz CT molecular complexity index is 131. The number of hydrogen-bond donors (Lipinski definition) is 2. The number of hydrogen-bond acceptors (Lipinski definition) is 4. The van der Waals surface area contributed by atoms with Gasteiger partial charge >= 0.3 is 0 Å². The van der Waals surface area contributed by atoms with Crippen LogP contribution in [0.4, 0.5) is 0 Å². The van der Waals surface area contributed by atoms with E-state index in [-0.39, 0.29) is 6.29 Å². The highest BCUT2D eigenvalue weighted by Gasteiger charge is 2.00. The van der Waals surface area contributed by atoms with Crippen molar-refractivity contribution in [2.45, 2.75) is 33.1 Å². The van der Waals surface area contributed by atoms with Crippen molar-refractivity contribution in [3.05, 3.63) is 0 Å². The summed E-state index contributed by atoms with van der Waals surface area (Å²) in [5, 5.41) is 2.42. The van der Waals surface area contributed by atoms with E-state index in [0.717, 1.165) is 0 Å². The van der Waals surface area contributed by atoms with Crippen LogP contribution < -0.4 is 11.1 Å². The molecule has 0 saturated heterocycles. The van der Waals surface area contributed by atoms with Crippen LogP contribution in [0.1, 0.15) is 20.8 Å². The lowest BCUT2D eigenvalue weighted by Crippen LogP contribution is -2.28. The third kappa shape index (κ3) is 13.3. The van der Waals surface area contributed by atoms with E-state index >= 15 is 0 Å². The van der Waals surface area contributed by atoms with Gasteiger partial charge in [0.2, 0.25) is 6.41 Å². The number of nitrogens with one attached hydrogen (secondary N) is 1. The molecule has 15 heavy (non-hydrogen) atoms. The molecule has 1 atom stereocenters. The number of methoxy groups -OCH3 is 2. The minimum Gasteiger partial charge on any atom is -0.354 e. The van der Waals surface area contributed by atoms with Gasteiger partial charge in [-0.3, -0.25) is 4.79 Å². The topological polar surface area (TPSA) is 73.6 Å². The number of carbonyl (C=O) groups excluding carboxylic acids is 1. The number of carbonyl (C=O) groups is 1. The molecule has 1 unspecified atom stereocenters. The Hall–Kier alpha value is -0.650. The minimum absolute atomic E-state index is 0.338. The number of ether oxygens (including phenoxy) is 2. The SMILES string of the molecule is CC(C)C(C)N.COC(CNC=O)OC. The maximum absolute atomic E-state index is 9.72. The van der Waals surface area contributed by atoms with E-state index in [4.69, 9.17) is 15.2 Å². The average molecular weight is 220 g/mol. The predicted octanol–water partition coefficient (Wildman–Crippen LogP) is 0.341. The first-order valence-electron chi connectivity index (χ1n) is 4.97. The lowest BCUT2D eigenvalue weighted by Gasteiger charge is -2.10. The monoisotopic (exact) mass is 220 g/mol. The maximum Gasteiger partial charge on any atom is 0.207 e. The van der Waals surface area contributed by atoms with Crippen LogP contribution in [-0.2, 0) is 14.3 Å². The van der Waals surface area contributed by atoms with Crippen LogP contribution in [0.5, 0.6) is 0 Å². The quantitative estimate of drug-likeness (QED) is 0.500. The summed E-state index contributed by atoms with van der Waals surface area (Å²) in [4.78, 5) is 9.72. The molecular formula is C10H24N2O3. The van der Waals surface area contributed by atoms with E-state index in [0.29, 0.717) is 24.9 Å². The van der Waals surface area contributed by atoms with E-state index in [2.05, 4.69) is 19.2 Å². The van der Waals surface area contributed by atoms with Crippen LogP contribution in [0, 0.1) is 5.92 Å². The molecule has 0 aliphatic carbocycles. The fourth-order valence-corrected chi connectivity index (χ4v) is 0.407. The number of amides is 1. The van der Waals surface area contributed by atoms with Crippen molar-refractivity contribution < 1.29 is 14.3 Å². The van der Waals surface area contributed by atoms with E-state index in [1.165, 1.54) is 14.2 Å². The van der Waals surface area contributed by atoms with Crippen molar-refractivity contribution in [3.8, 4) is 0 Å². The normalized spacial score (nSPS) is 12.0. The second-order valence-corrected chi connectivity index (χ2v) is 3.53. The van der Waals surface area contributed by atoms with Gasteiger partial charge in [-0.1, -0.05) is 13.8 Å². The molecule has 0 rings (SSSR count). The molecule has 0 spiro atoms. The first kappa shape index (κ1) is 16.8. The first-order valence-corrected chi connectivity index (χ1v) is 4.97. The standard InChI is InChI=1S/C5H11NO3.C5H13N/c1-8-5(9-2)3-6-4-7;1-4(2)5(3)6/h4-5H,3H2,1-2H3,(H,6,7);4-5H,6H2,1-3H3. The Kier molecular flexibility index (Phi) is 12.8. The molecule has 0 aromatic carbocycles. The molecule has 0 aliphatic rings. The Morgan fingerprint density at radius 1 is 1.27 bits per heavy atom. The molecule has 0 aromatic rings. The summed E-state index contributed by atoms with van der Waals surface area (Å²) in [6, 6.07) is 0.352. The van der Waals surface area contributed by atoms with Crippen molar-refractivity contribution in [2.24, 2.45) is 11.7 Å². The molecule has 0 fully saturated rings. The van der Waals surface area contributed by atoms with Gasteiger partial charge in [0.25, 0.3) is 0 Å². The second-order valence-electron chi connectivity index (χ2n) is 3.53. The van der Waals surface area contributed by atoms with Crippen LogP contribution in [0.2, 0.25) is 0 Å². The van der Waals surface area contributed by atoms with Gasteiger partial charge in [-0.05, 0) is 12.8 Å². The van der Waals surface area contributed by atoms with Crippen molar-refractivity contribution in [3.63, 3.8) is 0 Å². The van der Waals surface area contributed by atoms with Crippen LogP contribution in [-0.4, -0.2) is 39.5 Å². The lowest BCUT2D eigenvalue weighted by molar-refractivity contribution is -0.117. The second kappa shape index (κ2) is 11.4. The Labute approximate surface area is 92.3 Å². The molecular weight excluding hydrogens is 196 g/mol. The Morgan fingerprint density at radius 3 is 1.87 bits per heavy atom. The molecule has 0 radical (unpaired) electrons. The fraction of sp³-hybridized carbons (Fsp3) is 0.900. The third-order valence-corrected chi connectivity index (χ3v) is 1.95. The third-order valence-electron chi connectivity index (χ3n) is 1.95. The summed E-state index contributed by atoms with van der Waals surface area (Å²) >= 11 is 0. The van der Waals surface area contributed by atoms with E-state index in [1.54, 1.807) is 0 Å². The van der Waals surface area contributed by atoms with Crippen LogP contribution in [0.25, 0.3) is 0 Å². The summed E-state index contributed by atoms with van der Waals surface area (Å²) < 4.78 is 9.52. The zero-order chi connectivity index (χ0) is 12.3. The molecule has 1 amide bonds. The molecule has 3 N–H and O–H groups in total. The van der Waals surface area contributed by atoms with Crippen molar-refractivity contribution in [1.29, 1.82) is 0 Å². The van der Waals surface area contributed by atoms with E-state index in [9.17, 15) is 4.79 Å². The van der Waals surface area contributed by atoms with Gasteiger partial charge in [-0.25, -0.2) is 0 Å². The zero-order valence-electron chi connectivity index (χ0n) is 10.3. The first-order chi connectivity index (χ1) is 6.99. The summed E-state index contributed by atoms with van der Waals surface area (Å²) in [6.07, 6.45) is 0.264. The highest BCUT2D eigenvalue weighted by Crippen LogP contribution is 1.93. The van der Waals surface area contributed by atoms with E-state index < -0.39 is 0 Å². The Balaban J connectivity index is 0. The zero-order valence-corrected chi connectivity index (χ0v) is 10.3. The molecule has 0 aliphatic heterocycles. The highest BCUT2D eigenvalue weighted by atomic mass is 16.7. The van der Waals surface area contributed by atoms with Gasteiger partial charge in [0.15, 0.2) is 6.29 Å². The fourth-order valence-electron chi connectivity index (χ4n) is 0.407. The predicted molar refractivity (Wildman–Crippen MR) is 60.4 cm³/mol. The number of nitrogens with two attached hydrogens (primary N) is 1. The van der Waals surface area contributed by atoms with Crippen LogP contribution in [0.15, 0.2) is 0 Å². The number of rotatable bonds is 6. The van der Waals surface area contributed by atoms with Gasteiger partial charge in [-0.15, -0.1) is 0 Å². The summed E-state index contributed by atoms with van der Waals surface area (Å²) in [6.45, 7) is 6.64. The molecule has 5 nitrogen and oxygen atoms in total. The molecule has 92 valence electrons. The molecule has 0 bridgehead atoms. The molecule has 5 heteroatoms. The largest absolute Gasteiger partial charge is 0.354 e. The average Bonchev–Trinajstić information content (AvgIpc) is 2.20. The minimum atomic E-state index is -0.338. The smallest absolute Gasteiger partial charge is 0.207 e. The summed E-state index contributed by atoms with van der Waals surface area (Å²) in [5.41, 5.74) is 5.44. The van der Waals surface area contributed by atoms with Gasteiger partial charge in [-0.2, -0.15) is 0 Å². The molecule has 0 heterocycles. The van der Waals surface area contributed by atoms with Crippen molar-refractivity contribution in [1.82, 2.24) is 5.32 Å². The van der Waals surface area contributed by atoms with Gasteiger partial charge in [0.05, 0.1) is 6.54 Å². The van der Waals surface area contributed by atoms with E-state index in [1.807, 2.05) is 6.92 Å². The van der Waals surface area contributed by atoms with Gasteiger partial charge < -0.3 is 20.5 Å². The lowest BCUT2D eigenvalue weighted by atomic mass is 10.1. The van der Waals surface area contributed by atoms with Crippen LogP contribution >= 0.6 is 0 Å². The highest BCUT2D eigenvalue weighted by molar-refractivity contribution is 5.45. The van der Waals surface area contributed by atoms with Crippen molar-refractivity contribution in [2.75, 3.05) is 20.8 Å². The van der Waals surface area contributed by atoms with Gasteiger partial charge in [0, 0.05) is 20.3 Å². The Morgan fingerprint density at radius 2 is 1.67 bits per heavy atom.